The Morgan fingerprint density at radius 1 is 1.44 bits per heavy atom. The molecule has 2 aromatic heterocycles. The SMILES string of the molecule is COCC(=O)N1CCc2[nH]c3c(Cl)c(Cl)cc(-c4ccn(C)n4)c3c2[C@@H]1C. The monoisotopic (exact) mass is 406 g/mol. The molecule has 0 bridgehead atoms. The lowest BCUT2D eigenvalue weighted by atomic mass is 9.93. The Bertz CT molecular complexity index is 1040. The minimum Gasteiger partial charge on any atom is -0.375 e. The quantitative estimate of drug-likeness (QED) is 0.715. The maximum atomic E-state index is 12.5. The highest BCUT2D eigenvalue weighted by Gasteiger charge is 2.32. The second-order valence-corrected chi connectivity index (χ2v) is 7.59. The molecule has 1 atom stereocenters. The number of ether oxygens (including phenoxy) is 1. The van der Waals surface area contributed by atoms with Crippen LogP contribution in [0.5, 0.6) is 0 Å². The van der Waals surface area contributed by atoms with Gasteiger partial charge in [-0.05, 0) is 19.1 Å². The van der Waals surface area contributed by atoms with Crippen molar-refractivity contribution in [3.63, 3.8) is 0 Å². The zero-order valence-electron chi connectivity index (χ0n) is 15.3. The van der Waals surface area contributed by atoms with Gasteiger partial charge in [-0.2, -0.15) is 5.10 Å². The van der Waals surface area contributed by atoms with E-state index < -0.39 is 0 Å². The summed E-state index contributed by atoms with van der Waals surface area (Å²) in [6, 6.07) is 3.69. The Balaban J connectivity index is 1.95. The Hall–Kier alpha value is -2.02. The van der Waals surface area contributed by atoms with Gasteiger partial charge < -0.3 is 14.6 Å². The van der Waals surface area contributed by atoms with E-state index in [4.69, 9.17) is 27.9 Å². The van der Waals surface area contributed by atoms with E-state index in [0.717, 1.165) is 39.8 Å². The van der Waals surface area contributed by atoms with Gasteiger partial charge in [0.15, 0.2) is 0 Å². The first-order valence-corrected chi connectivity index (χ1v) is 9.48. The number of carbonyl (C=O) groups is 1. The highest BCUT2D eigenvalue weighted by molar-refractivity contribution is 6.45. The largest absolute Gasteiger partial charge is 0.375 e. The summed E-state index contributed by atoms with van der Waals surface area (Å²) in [5.41, 5.74) is 4.67. The number of rotatable bonds is 3. The predicted molar refractivity (Wildman–Crippen MR) is 106 cm³/mol. The van der Waals surface area contributed by atoms with Crippen molar-refractivity contribution < 1.29 is 9.53 Å². The molecule has 0 saturated heterocycles. The fraction of sp³-hybridized carbons (Fsp3) is 0.368. The van der Waals surface area contributed by atoms with Crippen molar-refractivity contribution in [3.8, 4) is 11.3 Å². The third-order valence-electron chi connectivity index (χ3n) is 5.16. The van der Waals surface area contributed by atoms with E-state index in [0.29, 0.717) is 16.6 Å². The molecule has 1 aromatic carbocycles. The molecule has 1 amide bonds. The maximum absolute atomic E-state index is 12.5. The molecule has 1 N–H and O–H groups in total. The summed E-state index contributed by atoms with van der Waals surface area (Å²) in [5, 5.41) is 6.48. The Kier molecular flexibility index (Phi) is 4.66. The number of amides is 1. The number of aryl methyl sites for hydroxylation is 1. The van der Waals surface area contributed by atoms with Gasteiger partial charge in [-0.1, -0.05) is 23.2 Å². The molecule has 3 aromatic rings. The first kappa shape index (κ1) is 18.3. The standard InChI is InChI=1S/C19H20Cl2N4O2/c1-10-16-14(5-7-25(10)15(26)9-27-3)22-19-17(16)11(8-12(20)18(19)21)13-4-6-24(2)23-13/h4,6,8,10,22H,5,7,9H2,1-3H3/t10-/m0/s1. The number of hydrogen-bond donors (Lipinski definition) is 1. The lowest BCUT2D eigenvalue weighted by molar-refractivity contribution is -0.137. The molecule has 1 aliphatic rings. The van der Waals surface area contributed by atoms with Crippen LogP contribution in [0.15, 0.2) is 18.3 Å². The van der Waals surface area contributed by atoms with E-state index in [1.807, 2.05) is 37.2 Å². The minimum atomic E-state index is -0.107. The van der Waals surface area contributed by atoms with Gasteiger partial charge in [0.05, 0.1) is 27.3 Å². The summed E-state index contributed by atoms with van der Waals surface area (Å²) >= 11 is 12.9. The molecule has 0 spiro atoms. The minimum absolute atomic E-state index is 0.0237. The molecule has 6 nitrogen and oxygen atoms in total. The van der Waals surface area contributed by atoms with Crippen LogP contribution >= 0.6 is 23.2 Å². The van der Waals surface area contributed by atoms with Crippen molar-refractivity contribution in [2.24, 2.45) is 7.05 Å². The molecule has 4 rings (SSSR count). The summed E-state index contributed by atoms with van der Waals surface area (Å²) in [7, 11) is 3.41. The molecular weight excluding hydrogens is 387 g/mol. The number of halogens is 2. The fourth-order valence-electron chi connectivity index (χ4n) is 3.94. The van der Waals surface area contributed by atoms with Gasteiger partial charge >= 0.3 is 0 Å². The lowest BCUT2D eigenvalue weighted by Gasteiger charge is -2.34. The van der Waals surface area contributed by atoms with Crippen LogP contribution in [0.4, 0.5) is 0 Å². The molecular formula is C19H20Cl2N4O2. The number of carbonyl (C=O) groups excluding carboxylic acids is 1. The summed E-state index contributed by atoms with van der Waals surface area (Å²) in [6.07, 6.45) is 2.61. The van der Waals surface area contributed by atoms with Crippen LogP contribution in [0.1, 0.15) is 24.2 Å². The smallest absolute Gasteiger partial charge is 0.249 e. The van der Waals surface area contributed by atoms with E-state index in [-0.39, 0.29) is 18.6 Å². The maximum Gasteiger partial charge on any atom is 0.249 e. The third kappa shape index (κ3) is 2.92. The van der Waals surface area contributed by atoms with Gasteiger partial charge in [0, 0.05) is 55.5 Å². The van der Waals surface area contributed by atoms with Crippen LogP contribution < -0.4 is 0 Å². The van der Waals surface area contributed by atoms with E-state index in [1.54, 1.807) is 4.68 Å². The normalized spacial score (nSPS) is 16.8. The van der Waals surface area contributed by atoms with E-state index in [2.05, 4.69) is 10.1 Å². The van der Waals surface area contributed by atoms with E-state index in [1.165, 1.54) is 7.11 Å². The lowest BCUT2D eigenvalue weighted by Crippen LogP contribution is -2.40. The van der Waals surface area contributed by atoms with E-state index >= 15 is 0 Å². The van der Waals surface area contributed by atoms with Crippen molar-refractivity contribution in [1.82, 2.24) is 19.7 Å². The molecule has 1 aliphatic heterocycles. The van der Waals surface area contributed by atoms with Crippen LogP contribution in [0.2, 0.25) is 10.0 Å². The molecule has 0 fully saturated rings. The highest BCUT2D eigenvalue weighted by Crippen LogP contribution is 2.44. The van der Waals surface area contributed by atoms with Gasteiger partial charge in [0.2, 0.25) is 5.91 Å². The number of hydrogen-bond acceptors (Lipinski definition) is 3. The first-order valence-electron chi connectivity index (χ1n) is 8.73. The second-order valence-electron chi connectivity index (χ2n) is 6.81. The van der Waals surface area contributed by atoms with Crippen molar-refractivity contribution in [2.75, 3.05) is 20.3 Å². The van der Waals surface area contributed by atoms with Gasteiger partial charge in [-0.25, -0.2) is 0 Å². The Morgan fingerprint density at radius 3 is 2.89 bits per heavy atom. The third-order valence-corrected chi connectivity index (χ3v) is 5.94. The predicted octanol–water partition coefficient (Wildman–Crippen LogP) is 3.97. The van der Waals surface area contributed by atoms with Crippen LogP contribution in [-0.4, -0.2) is 45.8 Å². The van der Waals surface area contributed by atoms with Crippen molar-refractivity contribution in [1.29, 1.82) is 0 Å². The second kappa shape index (κ2) is 6.86. The first-order chi connectivity index (χ1) is 12.9. The number of aromatic amines is 1. The summed E-state index contributed by atoms with van der Waals surface area (Å²) < 4.78 is 6.79. The number of aromatic nitrogens is 3. The van der Waals surface area contributed by atoms with Crippen molar-refractivity contribution in [3.05, 3.63) is 39.6 Å². The Labute approximate surface area is 167 Å². The van der Waals surface area contributed by atoms with Crippen LogP contribution in [0.25, 0.3) is 22.2 Å². The van der Waals surface area contributed by atoms with Gasteiger partial charge in [-0.3, -0.25) is 9.48 Å². The number of methoxy groups -OCH3 is 1. The van der Waals surface area contributed by atoms with Crippen molar-refractivity contribution in [2.45, 2.75) is 19.4 Å². The summed E-state index contributed by atoms with van der Waals surface area (Å²) in [6.45, 7) is 2.73. The van der Waals surface area contributed by atoms with Gasteiger partial charge in [-0.15, -0.1) is 0 Å². The summed E-state index contributed by atoms with van der Waals surface area (Å²) in [4.78, 5) is 17.8. The fourth-order valence-corrected chi connectivity index (χ4v) is 4.34. The Morgan fingerprint density at radius 2 is 2.22 bits per heavy atom. The average molecular weight is 407 g/mol. The molecule has 0 aliphatic carbocycles. The molecule has 27 heavy (non-hydrogen) atoms. The molecule has 142 valence electrons. The number of nitrogens with zero attached hydrogens (tertiary/aromatic N) is 3. The molecule has 8 heteroatoms. The molecule has 3 heterocycles. The summed E-state index contributed by atoms with van der Waals surface area (Å²) in [5.74, 6) is -0.0237. The number of nitrogens with one attached hydrogen (secondary N) is 1. The average Bonchev–Trinajstić information content (AvgIpc) is 3.23. The zero-order chi connectivity index (χ0) is 19.3. The topological polar surface area (TPSA) is 63.1 Å². The van der Waals surface area contributed by atoms with E-state index in [9.17, 15) is 4.79 Å². The number of fused-ring (bicyclic) bond motifs is 3. The van der Waals surface area contributed by atoms with Crippen LogP contribution in [0, 0.1) is 0 Å². The highest BCUT2D eigenvalue weighted by atomic mass is 35.5. The number of H-pyrrole nitrogens is 1. The van der Waals surface area contributed by atoms with Crippen LogP contribution in [-0.2, 0) is 23.0 Å². The molecule has 0 radical (unpaired) electrons. The number of benzene rings is 1. The molecule has 0 unspecified atom stereocenters. The van der Waals surface area contributed by atoms with Crippen LogP contribution in [0.3, 0.4) is 0 Å². The molecule has 0 saturated carbocycles. The van der Waals surface area contributed by atoms with Gasteiger partial charge in [0.1, 0.15) is 6.61 Å². The van der Waals surface area contributed by atoms with Gasteiger partial charge in [0.25, 0.3) is 0 Å². The zero-order valence-corrected chi connectivity index (χ0v) is 16.9. The van der Waals surface area contributed by atoms with Crippen molar-refractivity contribution >= 4 is 40.0 Å².